The second-order valence-corrected chi connectivity index (χ2v) is 7.58. The van der Waals surface area contributed by atoms with Crippen LogP contribution in [0.1, 0.15) is 22.2 Å². The Labute approximate surface area is 123 Å². The van der Waals surface area contributed by atoms with E-state index in [1.807, 2.05) is 19.1 Å². The first-order valence-electron chi connectivity index (χ1n) is 6.35. The summed E-state index contributed by atoms with van der Waals surface area (Å²) in [6, 6.07) is 8.91. The number of anilines is 1. The lowest BCUT2D eigenvalue weighted by Crippen LogP contribution is -2.23. The number of nitrogen functional groups attached to an aromatic ring is 1. The van der Waals surface area contributed by atoms with Gasteiger partial charge in [-0.2, -0.15) is 0 Å². The topological polar surface area (TPSA) is 72.2 Å². The van der Waals surface area contributed by atoms with Gasteiger partial charge in [0.15, 0.2) is 0 Å². The lowest BCUT2D eigenvalue weighted by molar-refractivity contribution is 0.582. The maximum Gasteiger partial charge on any atom is 0.242 e. The van der Waals surface area contributed by atoms with Gasteiger partial charge in [0, 0.05) is 16.3 Å². The molecule has 0 aliphatic heterocycles. The van der Waals surface area contributed by atoms with Gasteiger partial charge in [0.2, 0.25) is 10.0 Å². The molecule has 0 amide bonds. The number of aryl methyl sites for hydroxylation is 2. The summed E-state index contributed by atoms with van der Waals surface area (Å²) in [6.45, 7) is 4.24. The molecule has 2 rings (SSSR count). The van der Waals surface area contributed by atoms with Gasteiger partial charge in [-0.3, -0.25) is 0 Å². The number of hydrogen-bond acceptors (Lipinski definition) is 4. The highest BCUT2D eigenvalue weighted by Gasteiger charge is 2.17. The van der Waals surface area contributed by atoms with Crippen molar-refractivity contribution in [2.24, 2.45) is 0 Å². The molecule has 20 heavy (non-hydrogen) atoms. The van der Waals surface area contributed by atoms with Crippen molar-refractivity contribution >= 4 is 27.0 Å². The van der Waals surface area contributed by atoms with Crippen molar-refractivity contribution in [3.8, 4) is 0 Å². The molecule has 108 valence electrons. The third kappa shape index (κ3) is 3.39. The summed E-state index contributed by atoms with van der Waals surface area (Å²) in [5.74, 6) is 0. The first kappa shape index (κ1) is 15.0. The summed E-state index contributed by atoms with van der Waals surface area (Å²) in [7, 11) is -3.57. The molecular formula is C14H18N2O2S2. The Morgan fingerprint density at radius 3 is 2.50 bits per heavy atom. The maximum absolute atomic E-state index is 12.2. The minimum absolute atomic E-state index is 0.135. The monoisotopic (exact) mass is 310 g/mol. The highest BCUT2D eigenvalue weighted by Crippen LogP contribution is 2.21. The average Bonchev–Trinajstić information content (AvgIpc) is 2.84. The van der Waals surface area contributed by atoms with Crippen LogP contribution >= 0.6 is 11.3 Å². The summed E-state index contributed by atoms with van der Waals surface area (Å²) in [4.78, 5) is 2.38. The van der Waals surface area contributed by atoms with E-state index in [2.05, 4.69) is 11.6 Å². The molecule has 0 saturated carbocycles. The quantitative estimate of drug-likeness (QED) is 0.834. The normalized spacial score (nSPS) is 11.7. The van der Waals surface area contributed by atoms with Crippen LogP contribution in [0.3, 0.4) is 0 Å². The fourth-order valence-electron chi connectivity index (χ4n) is 1.86. The predicted molar refractivity (Wildman–Crippen MR) is 83.3 cm³/mol. The van der Waals surface area contributed by atoms with Crippen molar-refractivity contribution in [2.45, 2.75) is 31.7 Å². The highest BCUT2D eigenvalue weighted by molar-refractivity contribution is 7.89. The van der Waals surface area contributed by atoms with E-state index >= 15 is 0 Å². The van der Waals surface area contributed by atoms with E-state index in [1.165, 1.54) is 4.88 Å². The van der Waals surface area contributed by atoms with Gasteiger partial charge < -0.3 is 5.73 Å². The molecule has 1 aromatic carbocycles. The second kappa shape index (κ2) is 5.95. The molecule has 0 radical (unpaired) electrons. The van der Waals surface area contributed by atoms with Crippen LogP contribution < -0.4 is 10.5 Å². The second-order valence-electron chi connectivity index (χ2n) is 4.59. The molecule has 0 aliphatic rings. The van der Waals surface area contributed by atoms with Crippen molar-refractivity contribution in [3.63, 3.8) is 0 Å². The molecule has 6 heteroatoms. The molecule has 0 bridgehead atoms. The Morgan fingerprint density at radius 1 is 1.20 bits per heavy atom. The number of rotatable bonds is 5. The predicted octanol–water partition coefficient (Wildman–Crippen LogP) is 2.68. The van der Waals surface area contributed by atoms with E-state index < -0.39 is 10.0 Å². The van der Waals surface area contributed by atoms with E-state index in [0.717, 1.165) is 16.9 Å². The summed E-state index contributed by atoms with van der Waals surface area (Å²) in [5.41, 5.74) is 7.00. The molecular weight excluding hydrogens is 292 g/mol. The average molecular weight is 310 g/mol. The van der Waals surface area contributed by atoms with E-state index in [1.54, 1.807) is 29.5 Å². The van der Waals surface area contributed by atoms with Crippen LogP contribution in [0, 0.1) is 6.92 Å². The first-order valence-corrected chi connectivity index (χ1v) is 8.65. The lowest BCUT2D eigenvalue weighted by Gasteiger charge is -2.09. The molecule has 4 nitrogen and oxygen atoms in total. The lowest BCUT2D eigenvalue weighted by atomic mass is 10.2. The van der Waals surface area contributed by atoms with Crippen molar-refractivity contribution in [1.29, 1.82) is 0 Å². The van der Waals surface area contributed by atoms with E-state index in [9.17, 15) is 8.42 Å². The molecule has 1 aromatic heterocycles. The van der Waals surface area contributed by atoms with Gasteiger partial charge in [-0.1, -0.05) is 13.0 Å². The smallest absolute Gasteiger partial charge is 0.242 e. The molecule has 0 spiro atoms. The van der Waals surface area contributed by atoms with Crippen molar-refractivity contribution < 1.29 is 8.42 Å². The van der Waals surface area contributed by atoms with Crippen LogP contribution in [0.5, 0.6) is 0 Å². The fraction of sp³-hybridized carbons (Fsp3) is 0.286. The molecule has 3 N–H and O–H groups in total. The third-order valence-electron chi connectivity index (χ3n) is 2.96. The van der Waals surface area contributed by atoms with Crippen LogP contribution in [0.25, 0.3) is 0 Å². The van der Waals surface area contributed by atoms with Gasteiger partial charge >= 0.3 is 0 Å². The van der Waals surface area contributed by atoms with Crippen molar-refractivity contribution in [2.75, 3.05) is 5.73 Å². The molecule has 0 saturated heterocycles. The van der Waals surface area contributed by atoms with Crippen LogP contribution in [-0.2, 0) is 23.0 Å². The summed E-state index contributed by atoms with van der Waals surface area (Å²) in [5, 5.41) is 0. The third-order valence-corrected chi connectivity index (χ3v) is 5.66. The van der Waals surface area contributed by atoms with Crippen molar-refractivity contribution in [3.05, 3.63) is 45.6 Å². The number of benzene rings is 1. The summed E-state index contributed by atoms with van der Waals surface area (Å²) in [6.07, 6.45) is 0.961. The van der Waals surface area contributed by atoms with Crippen LogP contribution in [0.4, 0.5) is 5.69 Å². The SMILES string of the molecule is CCc1ccc(CNS(=O)(=O)c2ccc(C)cc2N)s1. The fourth-order valence-corrected chi connectivity index (χ4v) is 3.97. The highest BCUT2D eigenvalue weighted by atomic mass is 32.2. The zero-order valence-electron chi connectivity index (χ0n) is 11.5. The Morgan fingerprint density at radius 2 is 1.90 bits per heavy atom. The van der Waals surface area contributed by atoms with Crippen LogP contribution in [0.15, 0.2) is 35.2 Å². The molecule has 0 aliphatic carbocycles. The van der Waals surface area contributed by atoms with E-state index in [0.29, 0.717) is 6.54 Å². The van der Waals surface area contributed by atoms with Gasteiger partial charge in [0.25, 0.3) is 0 Å². The van der Waals surface area contributed by atoms with Gasteiger partial charge in [-0.05, 0) is 43.2 Å². The summed E-state index contributed by atoms with van der Waals surface area (Å²) < 4.78 is 27.0. The summed E-state index contributed by atoms with van der Waals surface area (Å²) >= 11 is 1.62. The first-order chi connectivity index (χ1) is 9.42. The standard InChI is InChI=1S/C14H18N2O2S2/c1-3-11-5-6-12(19-11)9-16-20(17,18)14-7-4-10(2)8-13(14)15/h4-8,16H,3,9,15H2,1-2H3. The van der Waals surface area contributed by atoms with Crippen LogP contribution in [-0.4, -0.2) is 8.42 Å². The number of nitrogens with two attached hydrogens (primary N) is 1. The number of thiophene rings is 1. The van der Waals surface area contributed by atoms with E-state index in [4.69, 9.17) is 5.73 Å². The number of sulfonamides is 1. The van der Waals surface area contributed by atoms with Gasteiger partial charge in [-0.25, -0.2) is 13.1 Å². The minimum Gasteiger partial charge on any atom is -0.398 e. The maximum atomic E-state index is 12.2. The molecule has 1 heterocycles. The Kier molecular flexibility index (Phi) is 4.47. The zero-order valence-corrected chi connectivity index (χ0v) is 13.1. The van der Waals surface area contributed by atoms with Gasteiger partial charge in [0.05, 0.1) is 5.69 Å². The molecule has 0 unspecified atom stereocenters. The Hall–Kier alpha value is -1.37. The molecule has 0 atom stereocenters. The number of hydrogen-bond donors (Lipinski definition) is 2. The van der Waals surface area contributed by atoms with Crippen molar-refractivity contribution in [1.82, 2.24) is 4.72 Å². The van der Waals surface area contributed by atoms with E-state index in [-0.39, 0.29) is 10.6 Å². The van der Waals surface area contributed by atoms with Gasteiger partial charge in [0.1, 0.15) is 4.90 Å². The molecule has 0 fully saturated rings. The number of nitrogens with one attached hydrogen (secondary N) is 1. The minimum atomic E-state index is -3.57. The Bertz CT molecular complexity index is 706. The molecule has 2 aromatic rings. The largest absolute Gasteiger partial charge is 0.398 e. The Balaban J connectivity index is 2.14. The zero-order chi connectivity index (χ0) is 14.8. The van der Waals surface area contributed by atoms with Crippen LogP contribution in [0.2, 0.25) is 0 Å². The van der Waals surface area contributed by atoms with Gasteiger partial charge in [-0.15, -0.1) is 11.3 Å².